The third-order valence-electron chi connectivity index (χ3n) is 9.84. The molecule has 0 aliphatic heterocycles. The average molecular weight is 773 g/mol. The highest BCUT2D eigenvalue weighted by Crippen LogP contribution is 2.36. The van der Waals surface area contributed by atoms with Gasteiger partial charge in [-0.05, 0) is 32.1 Å². The Kier molecular flexibility index (Phi) is 29.1. The van der Waals surface area contributed by atoms with Gasteiger partial charge in [0.2, 0.25) is 0 Å². The van der Waals surface area contributed by atoms with Crippen LogP contribution in [0.1, 0.15) is 174 Å². The number of aliphatic hydroxyl groups excluding tert-OH is 2. The minimum Gasteiger partial charge on any atom is -0.462 e. The number of carbonyl (C=O) groups excluding carboxylic acids is 3. The molecule has 0 bridgehead atoms. The predicted octanol–water partition coefficient (Wildman–Crippen LogP) is 8.99. The third kappa shape index (κ3) is 27.4. The van der Waals surface area contributed by atoms with Gasteiger partial charge in [0.25, 0.3) is 0 Å². The Labute approximate surface area is 320 Å². The summed E-state index contributed by atoms with van der Waals surface area (Å²) in [7, 11) is -4.83. The van der Waals surface area contributed by atoms with E-state index in [1.165, 1.54) is 70.6 Å². The highest BCUT2D eigenvalue weighted by atomic mass is 31.2. The zero-order valence-corrected chi connectivity index (χ0v) is 33.8. The van der Waals surface area contributed by atoms with Gasteiger partial charge in [0.05, 0.1) is 18.8 Å². The zero-order valence-electron chi connectivity index (χ0n) is 32.9. The zero-order chi connectivity index (χ0) is 39.2. The topological polar surface area (TPSA) is 177 Å². The number of Topliss-reactive ketones (excluding diaryl/α,β-unsaturated/α-hetero) is 1. The van der Waals surface area contributed by atoms with Crippen molar-refractivity contribution in [2.24, 2.45) is 11.8 Å². The summed E-state index contributed by atoms with van der Waals surface area (Å²) in [5.41, 5.74) is 0. The maximum absolute atomic E-state index is 12.5. The second-order valence-corrected chi connectivity index (χ2v) is 16.0. The van der Waals surface area contributed by atoms with Crippen molar-refractivity contribution in [3.8, 4) is 0 Å². The van der Waals surface area contributed by atoms with Crippen molar-refractivity contribution in [1.82, 2.24) is 0 Å². The van der Waals surface area contributed by atoms with E-state index in [9.17, 15) is 29.2 Å². The molecule has 0 aromatic carbocycles. The molecule has 0 amide bonds. The van der Waals surface area contributed by atoms with Gasteiger partial charge < -0.3 is 29.5 Å². The molecule has 0 aromatic rings. The lowest BCUT2D eigenvalue weighted by Gasteiger charge is -2.18. The SMILES string of the molecule is CCCCCCCCCCCCCCCCCC(=O)OC[C@H](COP(=O)(O)O)OC(=O)CCC/C=C\C[C@H]1C(=O)C[C@@H](O)[C@@H]1/C=C/[C@@H](O)CCCCC. The van der Waals surface area contributed by atoms with Gasteiger partial charge in [0.1, 0.15) is 12.4 Å². The van der Waals surface area contributed by atoms with Crippen LogP contribution in [-0.2, 0) is 32.9 Å². The normalized spacial score (nSPS) is 19.0. The Balaban J connectivity index is 2.30. The molecule has 0 radical (unpaired) electrons. The van der Waals surface area contributed by atoms with Crippen LogP contribution in [0.5, 0.6) is 0 Å². The predicted molar refractivity (Wildman–Crippen MR) is 208 cm³/mol. The Morgan fingerprint density at radius 2 is 1.32 bits per heavy atom. The first-order chi connectivity index (χ1) is 25.5. The van der Waals surface area contributed by atoms with E-state index in [0.717, 1.165) is 38.5 Å². The first-order valence-electron chi connectivity index (χ1n) is 20.7. The van der Waals surface area contributed by atoms with E-state index >= 15 is 0 Å². The maximum atomic E-state index is 12.5. The van der Waals surface area contributed by atoms with Crippen molar-refractivity contribution in [3.05, 3.63) is 24.3 Å². The average Bonchev–Trinajstić information content (AvgIpc) is 3.38. The summed E-state index contributed by atoms with van der Waals surface area (Å²) in [4.78, 5) is 55.5. The summed E-state index contributed by atoms with van der Waals surface area (Å²) in [5.74, 6) is -1.82. The van der Waals surface area contributed by atoms with E-state index in [0.29, 0.717) is 32.1 Å². The molecule has 308 valence electrons. The van der Waals surface area contributed by atoms with Crippen molar-refractivity contribution in [2.45, 2.75) is 193 Å². The molecule has 11 nitrogen and oxygen atoms in total. The Morgan fingerprint density at radius 1 is 0.774 bits per heavy atom. The van der Waals surface area contributed by atoms with Crippen LogP contribution in [0.15, 0.2) is 24.3 Å². The molecule has 1 rings (SSSR count). The number of hydrogen-bond acceptors (Lipinski definition) is 9. The van der Waals surface area contributed by atoms with E-state index in [4.69, 9.17) is 19.3 Å². The van der Waals surface area contributed by atoms with Gasteiger partial charge >= 0.3 is 19.8 Å². The van der Waals surface area contributed by atoms with E-state index in [1.807, 2.05) is 12.2 Å². The molecule has 5 atom stereocenters. The molecule has 0 spiro atoms. The molecular formula is C41H73O11P. The number of esters is 2. The Hall–Kier alpha value is -1.88. The Bertz CT molecular complexity index is 1070. The van der Waals surface area contributed by atoms with Gasteiger partial charge in [-0.2, -0.15) is 0 Å². The fourth-order valence-electron chi connectivity index (χ4n) is 6.65. The van der Waals surface area contributed by atoms with E-state index in [1.54, 1.807) is 12.2 Å². The lowest BCUT2D eigenvalue weighted by atomic mass is 9.90. The summed E-state index contributed by atoms with van der Waals surface area (Å²) in [6.07, 6.45) is 28.3. The van der Waals surface area contributed by atoms with Crippen LogP contribution in [0.2, 0.25) is 0 Å². The molecule has 1 saturated carbocycles. The lowest BCUT2D eigenvalue weighted by Crippen LogP contribution is -2.29. The summed E-state index contributed by atoms with van der Waals surface area (Å²) in [6.45, 7) is 3.36. The van der Waals surface area contributed by atoms with Crippen molar-refractivity contribution in [2.75, 3.05) is 13.2 Å². The molecule has 0 heterocycles. The summed E-state index contributed by atoms with van der Waals surface area (Å²) in [6, 6.07) is 0. The fraction of sp³-hybridized carbons (Fsp3) is 0.829. The molecule has 1 fully saturated rings. The number of ketones is 1. The van der Waals surface area contributed by atoms with Crippen LogP contribution in [0.3, 0.4) is 0 Å². The van der Waals surface area contributed by atoms with Crippen LogP contribution in [0.25, 0.3) is 0 Å². The summed E-state index contributed by atoms with van der Waals surface area (Å²) < 4.78 is 26.3. The van der Waals surface area contributed by atoms with E-state index < -0.39 is 44.7 Å². The van der Waals surface area contributed by atoms with Gasteiger partial charge in [-0.3, -0.25) is 18.9 Å². The van der Waals surface area contributed by atoms with Crippen molar-refractivity contribution < 1.29 is 52.9 Å². The lowest BCUT2D eigenvalue weighted by molar-refractivity contribution is -0.161. The highest BCUT2D eigenvalue weighted by Gasteiger charge is 2.39. The largest absolute Gasteiger partial charge is 0.469 e. The molecule has 12 heteroatoms. The number of rotatable bonds is 34. The molecule has 0 unspecified atom stereocenters. The van der Waals surface area contributed by atoms with Crippen molar-refractivity contribution in [1.29, 1.82) is 0 Å². The monoisotopic (exact) mass is 772 g/mol. The third-order valence-corrected chi connectivity index (χ3v) is 10.3. The standard InChI is InChI=1S/C41H73O11P/c1-3-5-7-8-9-10-11-12-13-14-15-16-17-18-23-27-40(45)50-32-35(33-51-53(47,48)49)52-41(46)28-24-20-19-22-26-36-37(39(44)31-38(36)43)30-29-34(42)25-21-6-4-2/h19,22,29-30,34-37,39,42,44H,3-18,20-21,23-28,31-33H2,1-2H3,(H2,47,48,49)/b22-19-,30-29+/t34-,35+,36+,37+,39+/m0/s1. The molecule has 0 aromatic heterocycles. The van der Waals surface area contributed by atoms with Crippen molar-refractivity contribution in [3.63, 3.8) is 0 Å². The number of hydrogen-bond donors (Lipinski definition) is 4. The van der Waals surface area contributed by atoms with Crippen molar-refractivity contribution >= 4 is 25.5 Å². The fourth-order valence-corrected chi connectivity index (χ4v) is 7.01. The first-order valence-corrected chi connectivity index (χ1v) is 22.3. The van der Waals surface area contributed by atoms with Gasteiger partial charge in [0, 0.05) is 31.1 Å². The summed E-state index contributed by atoms with van der Waals surface area (Å²) >= 11 is 0. The number of aliphatic hydroxyl groups is 2. The number of unbranched alkanes of at least 4 members (excludes halogenated alkanes) is 17. The number of allylic oxidation sites excluding steroid dienone is 2. The second-order valence-electron chi connectivity index (χ2n) is 14.7. The number of ether oxygens (including phenoxy) is 2. The quantitative estimate of drug-likeness (QED) is 0.0212. The van der Waals surface area contributed by atoms with Gasteiger partial charge in [-0.1, -0.05) is 147 Å². The van der Waals surface area contributed by atoms with E-state index in [2.05, 4.69) is 18.4 Å². The molecule has 0 saturated heterocycles. The molecular weight excluding hydrogens is 699 g/mol. The second kappa shape index (κ2) is 31.3. The maximum Gasteiger partial charge on any atom is 0.469 e. The molecule has 1 aliphatic carbocycles. The number of carbonyl (C=O) groups is 3. The van der Waals surface area contributed by atoms with E-state index in [-0.39, 0.29) is 43.5 Å². The molecule has 1 aliphatic rings. The first kappa shape index (κ1) is 49.1. The smallest absolute Gasteiger partial charge is 0.462 e. The Morgan fingerprint density at radius 3 is 1.91 bits per heavy atom. The number of phosphoric ester groups is 1. The van der Waals surface area contributed by atoms with Crippen LogP contribution in [-0.4, -0.2) is 69.2 Å². The van der Waals surface area contributed by atoms with Crippen LogP contribution in [0, 0.1) is 11.8 Å². The highest BCUT2D eigenvalue weighted by molar-refractivity contribution is 7.46. The molecule has 53 heavy (non-hydrogen) atoms. The van der Waals surface area contributed by atoms with Gasteiger partial charge in [-0.25, -0.2) is 4.57 Å². The summed E-state index contributed by atoms with van der Waals surface area (Å²) in [5, 5.41) is 20.6. The van der Waals surface area contributed by atoms with Crippen LogP contribution in [0.4, 0.5) is 0 Å². The minimum absolute atomic E-state index is 0.0140. The van der Waals surface area contributed by atoms with Gasteiger partial charge in [-0.15, -0.1) is 0 Å². The number of phosphoric acid groups is 1. The van der Waals surface area contributed by atoms with Crippen LogP contribution >= 0.6 is 7.82 Å². The van der Waals surface area contributed by atoms with Crippen LogP contribution < -0.4 is 0 Å². The van der Waals surface area contributed by atoms with Gasteiger partial charge in [0.15, 0.2) is 6.10 Å². The molecule has 4 N–H and O–H groups in total. The minimum atomic E-state index is -4.83.